The van der Waals surface area contributed by atoms with E-state index in [1.165, 1.54) is 6.92 Å². The Morgan fingerprint density at radius 3 is 2.42 bits per heavy atom. The summed E-state index contributed by atoms with van der Waals surface area (Å²) in [6, 6.07) is 8.88. The first-order chi connectivity index (χ1) is 12.5. The summed E-state index contributed by atoms with van der Waals surface area (Å²) in [4.78, 5) is 12.3. The maximum atomic E-state index is 12.3. The minimum absolute atomic E-state index is 0.0403. The van der Waals surface area contributed by atoms with Crippen LogP contribution in [0.25, 0.3) is 0 Å². The van der Waals surface area contributed by atoms with Crippen LogP contribution in [0.15, 0.2) is 39.3 Å². The van der Waals surface area contributed by atoms with E-state index in [1.54, 1.807) is 24.3 Å². The van der Waals surface area contributed by atoms with E-state index < -0.39 is 5.56 Å². The van der Waals surface area contributed by atoms with Crippen molar-refractivity contribution >= 4 is 11.4 Å². The van der Waals surface area contributed by atoms with Gasteiger partial charge >= 0.3 is 0 Å². The maximum Gasteiger partial charge on any atom is 0.271 e. The molecule has 1 aromatic carbocycles. The van der Waals surface area contributed by atoms with Crippen molar-refractivity contribution in [2.45, 2.75) is 26.3 Å². The van der Waals surface area contributed by atoms with E-state index in [9.17, 15) is 15.2 Å². The number of rotatable bonds is 7. The molecule has 136 valence electrons. The molecule has 2 rings (SSSR count). The molecule has 0 unspecified atom stereocenters. The summed E-state index contributed by atoms with van der Waals surface area (Å²) in [5.41, 5.74) is 1.03. The third-order valence-corrected chi connectivity index (χ3v) is 3.91. The molecule has 0 saturated heterocycles. The van der Waals surface area contributed by atoms with Crippen molar-refractivity contribution in [3.8, 4) is 11.9 Å². The molecule has 0 atom stereocenters. The van der Waals surface area contributed by atoms with Gasteiger partial charge in [-0.25, -0.2) is 0 Å². The second-order valence-corrected chi connectivity index (χ2v) is 5.66. The summed E-state index contributed by atoms with van der Waals surface area (Å²) in [6.45, 7) is 1.49. The van der Waals surface area contributed by atoms with E-state index in [0.717, 1.165) is 10.1 Å². The van der Waals surface area contributed by atoms with E-state index in [-0.39, 0.29) is 48.9 Å². The molecule has 0 spiro atoms. The number of benzene rings is 1. The second-order valence-electron chi connectivity index (χ2n) is 5.66. The highest BCUT2D eigenvalue weighted by molar-refractivity contribution is 5.59. The van der Waals surface area contributed by atoms with Crippen molar-refractivity contribution in [2.24, 2.45) is 10.2 Å². The van der Waals surface area contributed by atoms with Gasteiger partial charge in [-0.1, -0.05) is 12.1 Å². The number of aliphatic hydroxyl groups is 2. The molecule has 0 aliphatic heterocycles. The van der Waals surface area contributed by atoms with Gasteiger partial charge in [0.05, 0.1) is 5.69 Å². The van der Waals surface area contributed by atoms with Crippen molar-refractivity contribution in [3.05, 3.63) is 51.3 Å². The van der Waals surface area contributed by atoms with Gasteiger partial charge in [0.2, 0.25) is 5.88 Å². The van der Waals surface area contributed by atoms with E-state index in [2.05, 4.69) is 10.2 Å². The molecule has 0 radical (unpaired) electrons. The molecular weight excluding hydrogens is 336 g/mol. The summed E-state index contributed by atoms with van der Waals surface area (Å²) in [5, 5.41) is 45.6. The van der Waals surface area contributed by atoms with E-state index in [0.29, 0.717) is 12.1 Å². The van der Waals surface area contributed by atoms with Crippen LogP contribution in [-0.4, -0.2) is 33.1 Å². The summed E-state index contributed by atoms with van der Waals surface area (Å²) < 4.78 is 1.01. The first-order valence-corrected chi connectivity index (χ1v) is 8.12. The maximum absolute atomic E-state index is 12.3. The van der Waals surface area contributed by atoms with Crippen molar-refractivity contribution < 1.29 is 15.3 Å². The fourth-order valence-electron chi connectivity index (χ4n) is 2.46. The van der Waals surface area contributed by atoms with Gasteiger partial charge in [0, 0.05) is 25.3 Å². The Bertz CT molecular complexity index is 895. The quantitative estimate of drug-likeness (QED) is 0.654. The standard InChI is InChI=1S/C18H20N4O4/c1-12-15(11-19)17(25)22(8-2-9-23)18(26)16(12)21-20-14-5-3-13(4-6-14)7-10-24/h3-6,23-24,26H,2,7-10H2,1H3. The van der Waals surface area contributed by atoms with Gasteiger partial charge in [-0.15, -0.1) is 5.11 Å². The topological polar surface area (TPSA) is 131 Å². The third-order valence-electron chi connectivity index (χ3n) is 3.91. The minimum Gasteiger partial charge on any atom is -0.493 e. The molecule has 0 amide bonds. The van der Waals surface area contributed by atoms with Crippen LogP contribution in [0.5, 0.6) is 5.88 Å². The molecule has 1 aromatic heterocycles. The van der Waals surface area contributed by atoms with Gasteiger partial charge < -0.3 is 15.3 Å². The second kappa shape index (κ2) is 8.89. The Kier molecular flexibility index (Phi) is 6.60. The van der Waals surface area contributed by atoms with Crippen molar-refractivity contribution in [1.29, 1.82) is 5.26 Å². The van der Waals surface area contributed by atoms with Crippen molar-refractivity contribution in [3.63, 3.8) is 0 Å². The zero-order chi connectivity index (χ0) is 19.1. The lowest BCUT2D eigenvalue weighted by atomic mass is 10.1. The molecular formula is C18H20N4O4. The highest BCUT2D eigenvalue weighted by Gasteiger charge is 2.18. The normalized spacial score (nSPS) is 11.0. The molecule has 8 nitrogen and oxygen atoms in total. The molecule has 0 aliphatic rings. The molecule has 0 aliphatic carbocycles. The fourth-order valence-corrected chi connectivity index (χ4v) is 2.46. The minimum atomic E-state index is -0.622. The predicted molar refractivity (Wildman–Crippen MR) is 94.9 cm³/mol. The number of aliphatic hydroxyl groups excluding tert-OH is 2. The van der Waals surface area contributed by atoms with Crippen LogP contribution in [0.4, 0.5) is 11.4 Å². The summed E-state index contributed by atoms with van der Waals surface area (Å²) >= 11 is 0. The molecule has 0 fully saturated rings. The Morgan fingerprint density at radius 2 is 1.85 bits per heavy atom. The first kappa shape index (κ1) is 19.3. The molecule has 0 bridgehead atoms. The largest absolute Gasteiger partial charge is 0.493 e. The zero-order valence-electron chi connectivity index (χ0n) is 14.4. The fraction of sp³-hybridized carbons (Fsp3) is 0.333. The lowest BCUT2D eigenvalue weighted by Crippen LogP contribution is -2.24. The number of nitrogens with zero attached hydrogens (tertiary/aromatic N) is 4. The van der Waals surface area contributed by atoms with Crippen LogP contribution in [0, 0.1) is 18.3 Å². The van der Waals surface area contributed by atoms with Gasteiger partial charge in [-0.05, 0) is 37.5 Å². The van der Waals surface area contributed by atoms with E-state index in [1.807, 2.05) is 6.07 Å². The number of nitriles is 1. The van der Waals surface area contributed by atoms with Gasteiger partial charge in [-0.2, -0.15) is 10.4 Å². The molecule has 2 aromatic rings. The Hall–Kier alpha value is -3.02. The van der Waals surface area contributed by atoms with Crippen LogP contribution in [0.1, 0.15) is 23.1 Å². The smallest absolute Gasteiger partial charge is 0.271 e. The van der Waals surface area contributed by atoms with Gasteiger partial charge in [0.1, 0.15) is 11.6 Å². The van der Waals surface area contributed by atoms with Crippen molar-refractivity contribution in [2.75, 3.05) is 13.2 Å². The summed E-state index contributed by atoms with van der Waals surface area (Å²) in [5.74, 6) is -0.388. The average Bonchev–Trinajstić information content (AvgIpc) is 2.63. The van der Waals surface area contributed by atoms with Gasteiger partial charge in [0.25, 0.3) is 5.56 Å². The number of aromatic hydroxyl groups is 1. The molecule has 1 heterocycles. The molecule has 3 N–H and O–H groups in total. The van der Waals surface area contributed by atoms with Crippen LogP contribution >= 0.6 is 0 Å². The monoisotopic (exact) mass is 356 g/mol. The van der Waals surface area contributed by atoms with E-state index >= 15 is 0 Å². The predicted octanol–water partition coefficient (Wildman–Crippen LogP) is 2.07. The number of pyridine rings is 1. The lowest BCUT2D eigenvalue weighted by molar-refractivity contribution is 0.274. The molecule has 0 saturated carbocycles. The summed E-state index contributed by atoms with van der Waals surface area (Å²) in [7, 11) is 0. The van der Waals surface area contributed by atoms with Gasteiger partial charge in [-0.3, -0.25) is 9.36 Å². The Balaban J connectivity index is 2.44. The highest BCUT2D eigenvalue weighted by Crippen LogP contribution is 2.32. The first-order valence-electron chi connectivity index (χ1n) is 8.12. The third kappa shape index (κ3) is 4.14. The SMILES string of the molecule is Cc1c(N=Nc2ccc(CCO)cc2)c(O)n(CCCO)c(=O)c1C#N. The van der Waals surface area contributed by atoms with Crippen molar-refractivity contribution in [1.82, 2.24) is 4.57 Å². The lowest BCUT2D eigenvalue weighted by Gasteiger charge is -2.12. The van der Waals surface area contributed by atoms with E-state index in [4.69, 9.17) is 10.2 Å². The highest BCUT2D eigenvalue weighted by atomic mass is 16.3. The van der Waals surface area contributed by atoms with Gasteiger partial charge in [0.15, 0.2) is 5.69 Å². The number of aromatic nitrogens is 1. The van der Waals surface area contributed by atoms with Crippen LogP contribution in [0.2, 0.25) is 0 Å². The number of hydrogen-bond donors (Lipinski definition) is 3. The van der Waals surface area contributed by atoms with Crippen LogP contribution < -0.4 is 5.56 Å². The van der Waals surface area contributed by atoms with Crippen LogP contribution in [0.3, 0.4) is 0 Å². The number of hydrogen-bond acceptors (Lipinski definition) is 7. The Labute approximate surface area is 150 Å². The molecule has 8 heteroatoms. The summed E-state index contributed by atoms with van der Waals surface area (Å²) in [6.07, 6.45) is 0.795. The number of azo groups is 1. The van der Waals surface area contributed by atoms with Crippen LogP contribution in [-0.2, 0) is 13.0 Å². The molecule has 26 heavy (non-hydrogen) atoms. The zero-order valence-corrected chi connectivity index (χ0v) is 14.4. The Morgan fingerprint density at radius 1 is 1.15 bits per heavy atom. The average molecular weight is 356 g/mol.